The second-order valence-corrected chi connectivity index (χ2v) is 5.21. The zero-order valence-corrected chi connectivity index (χ0v) is 10.6. The van der Waals surface area contributed by atoms with E-state index in [1.165, 1.54) is 6.21 Å². The van der Waals surface area contributed by atoms with Crippen molar-refractivity contribution < 1.29 is 14.0 Å². The Morgan fingerprint density at radius 1 is 1.47 bits per heavy atom. The molecule has 1 aliphatic heterocycles. The number of nitrogens with zero attached hydrogens (tertiary/aromatic N) is 3. The quantitative estimate of drug-likeness (QED) is 0.518. The lowest BCUT2D eigenvalue weighted by molar-refractivity contribution is 0.0797. The van der Waals surface area contributed by atoms with Crippen LogP contribution in [0, 0.1) is 18.8 Å². The van der Waals surface area contributed by atoms with E-state index in [-0.39, 0.29) is 0 Å². The van der Waals surface area contributed by atoms with Crippen molar-refractivity contribution in [2.45, 2.75) is 19.3 Å². The summed E-state index contributed by atoms with van der Waals surface area (Å²) in [6, 6.07) is 3.75. The van der Waals surface area contributed by atoms with E-state index in [2.05, 4.69) is 10.1 Å². The Morgan fingerprint density at radius 2 is 2.16 bits per heavy atom. The minimum atomic E-state index is -2.46. The van der Waals surface area contributed by atoms with Gasteiger partial charge >= 0.3 is 0 Å². The van der Waals surface area contributed by atoms with E-state index in [1.807, 2.05) is 24.0 Å². The second-order valence-electron chi connectivity index (χ2n) is 5.21. The highest BCUT2D eigenvalue weighted by Crippen LogP contribution is 2.59. The van der Waals surface area contributed by atoms with Gasteiger partial charge in [0, 0.05) is 31.4 Å². The molecule has 6 heteroatoms. The number of anilines is 1. The molecule has 1 aliphatic carbocycles. The highest BCUT2D eigenvalue weighted by atomic mass is 19.3. The summed E-state index contributed by atoms with van der Waals surface area (Å²) < 4.78 is 26.3. The number of aromatic nitrogens is 1. The van der Waals surface area contributed by atoms with Gasteiger partial charge in [0.1, 0.15) is 5.82 Å². The van der Waals surface area contributed by atoms with Crippen molar-refractivity contribution in [2.75, 3.05) is 18.0 Å². The fraction of sp³-hybridized carbons (Fsp3) is 0.538. The monoisotopic (exact) mass is 267 g/mol. The number of oxime groups is 1. The van der Waals surface area contributed by atoms with Crippen molar-refractivity contribution in [1.29, 1.82) is 0 Å². The van der Waals surface area contributed by atoms with Gasteiger partial charge in [-0.3, -0.25) is 0 Å². The van der Waals surface area contributed by atoms with Crippen LogP contribution in [0.25, 0.3) is 0 Å². The first-order chi connectivity index (χ1) is 9.04. The number of halogens is 2. The van der Waals surface area contributed by atoms with Crippen LogP contribution in [0.2, 0.25) is 0 Å². The molecule has 2 atom stereocenters. The minimum Gasteiger partial charge on any atom is -0.411 e. The predicted octanol–water partition coefficient (Wildman–Crippen LogP) is 2.09. The average Bonchev–Trinajstić information content (AvgIpc) is 2.79. The van der Waals surface area contributed by atoms with Gasteiger partial charge in [-0.15, -0.1) is 5.16 Å². The molecular weight excluding hydrogens is 252 g/mol. The topological polar surface area (TPSA) is 48.7 Å². The Balaban J connectivity index is 1.72. The van der Waals surface area contributed by atoms with E-state index in [0.717, 1.165) is 17.1 Å². The number of fused-ring (bicyclic) bond motifs is 1. The summed E-state index contributed by atoms with van der Waals surface area (Å²) in [6.07, 6.45) is 1.91. The number of hydrogen-bond acceptors (Lipinski definition) is 4. The molecule has 2 unspecified atom stereocenters. The van der Waals surface area contributed by atoms with Gasteiger partial charge in [0.2, 0.25) is 0 Å². The van der Waals surface area contributed by atoms with Gasteiger partial charge < -0.3 is 10.1 Å². The molecule has 0 spiro atoms. The van der Waals surface area contributed by atoms with Gasteiger partial charge in [-0.25, -0.2) is 13.8 Å². The molecule has 0 bridgehead atoms. The first-order valence-electron chi connectivity index (χ1n) is 6.29. The van der Waals surface area contributed by atoms with E-state index in [0.29, 0.717) is 19.5 Å². The third kappa shape index (κ3) is 1.95. The van der Waals surface area contributed by atoms with Crippen LogP contribution in [0.4, 0.5) is 14.6 Å². The van der Waals surface area contributed by atoms with Crippen molar-refractivity contribution >= 4 is 12.0 Å². The lowest BCUT2D eigenvalue weighted by atomic mass is 10.1. The number of piperidine rings is 1. The Morgan fingerprint density at radius 3 is 2.74 bits per heavy atom. The molecule has 2 fully saturated rings. The third-order valence-corrected chi connectivity index (χ3v) is 4.10. The molecule has 1 aromatic heterocycles. The fourth-order valence-electron chi connectivity index (χ4n) is 2.80. The van der Waals surface area contributed by atoms with E-state index >= 15 is 0 Å². The normalized spacial score (nSPS) is 27.8. The van der Waals surface area contributed by atoms with Crippen molar-refractivity contribution in [3.8, 4) is 0 Å². The van der Waals surface area contributed by atoms with Crippen LogP contribution in [0.1, 0.15) is 11.3 Å². The van der Waals surface area contributed by atoms with Crippen LogP contribution in [0.3, 0.4) is 0 Å². The van der Waals surface area contributed by atoms with Gasteiger partial charge in [-0.05, 0) is 18.6 Å². The maximum Gasteiger partial charge on any atom is 0.258 e. The number of rotatable bonds is 3. The number of alkyl halides is 2. The Labute approximate surface area is 109 Å². The predicted molar refractivity (Wildman–Crippen MR) is 67.1 cm³/mol. The van der Waals surface area contributed by atoms with Gasteiger partial charge in [-0.2, -0.15) is 0 Å². The molecule has 1 saturated heterocycles. The summed E-state index contributed by atoms with van der Waals surface area (Å²) in [5.74, 6) is -2.68. The lowest BCUT2D eigenvalue weighted by Gasteiger charge is -2.21. The highest BCUT2D eigenvalue weighted by molar-refractivity contribution is 5.61. The Kier molecular flexibility index (Phi) is 2.69. The van der Waals surface area contributed by atoms with E-state index in [4.69, 9.17) is 5.21 Å². The molecule has 2 heterocycles. The summed E-state index contributed by atoms with van der Waals surface area (Å²) in [5, 5.41) is 11.4. The Hall–Kier alpha value is -1.72. The van der Waals surface area contributed by atoms with Gasteiger partial charge in [0.05, 0.1) is 11.8 Å². The van der Waals surface area contributed by atoms with Crippen LogP contribution in [-0.2, 0) is 6.42 Å². The summed E-state index contributed by atoms with van der Waals surface area (Å²) in [7, 11) is 0. The number of pyridine rings is 1. The zero-order valence-electron chi connectivity index (χ0n) is 10.6. The van der Waals surface area contributed by atoms with Crippen LogP contribution in [0.5, 0.6) is 0 Å². The van der Waals surface area contributed by atoms with Crippen molar-refractivity contribution in [2.24, 2.45) is 17.0 Å². The average molecular weight is 267 g/mol. The maximum atomic E-state index is 13.1. The first-order valence-corrected chi connectivity index (χ1v) is 6.29. The number of aryl methyl sites for hydroxylation is 1. The van der Waals surface area contributed by atoms with E-state index in [1.54, 1.807) is 0 Å². The van der Waals surface area contributed by atoms with E-state index in [9.17, 15) is 8.78 Å². The molecule has 0 radical (unpaired) electrons. The van der Waals surface area contributed by atoms with Crippen molar-refractivity contribution in [3.05, 3.63) is 23.4 Å². The standard InChI is InChI=1S/C13H15F2N3O/c1-8-9(4-5-16-19)2-3-12(17-8)18-6-10-11(7-18)13(10,14)15/h2-3,5,10-11,19H,4,6-7H2,1H3/b16-5+. The smallest absolute Gasteiger partial charge is 0.258 e. The molecule has 0 amide bonds. The third-order valence-electron chi connectivity index (χ3n) is 4.10. The summed E-state index contributed by atoms with van der Waals surface area (Å²) in [4.78, 5) is 6.37. The first kappa shape index (κ1) is 12.3. The SMILES string of the molecule is Cc1nc(N2CC3C(C2)C3(F)F)ccc1C/C=N/O. The second kappa shape index (κ2) is 4.15. The van der Waals surface area contributed by atoms with Crippen LogP contribution < -0.4 is 4.90 Å². The largest absolute Gasteiger partial charge is 0.411 e. The van der Waals surface area contributed by atoms with Crippen LogP contribution in [0.15, 0.2) is 17.3 Å². The fourth-order valence-corrected chi connectivity index (χ4v) is 2.80. The molecule has 3 rings (SSSR count). The molecular formula is C13H15F2N3O. The lowest BCUT2D eigenvalue weighted by Crippen LogP contribution is -2.28. The minimum absolute atomic E-state index is 0.390. The molecule has 1 saturated carbocycles. The van der Waals surface area contributed by atoms with Gasteiger partial charge in [0.25, 0.3) is 5.92 Å². The highest BCUT2D eigenvalue weighted by Gasteiger charge is 2.71. The van der Waals surface area contributed by atoms with Crippen molar-refractivity contribution in [3.63, 3.8) is 0 Å². The molecule has 19 heavy (non-hydrogen) atoms. The zero-order chi connectivity index (χ0) is 13.6. The Bertz CT molecular complexity index is 519. The van der Waals surface area contributed by atoms with E-state index < -0.39 is 17.8 Å². The van der Waals surface area contributed by atoms with Gasteiger partial charge in [-0.1, -0.05) is 6.07 Å². The maximum absolute atomic E-state index is 13.1. The number of hydrogen-bond donors (Lipinski definition) is 1. The molecule has 2 aliphatic rings. The van der Waals surface area contributed by atoms with Crippen molar-refractivity contribution in [1.82, 2.24) is 4.98 Å². The van der Waals surface area contributed by atoms with Gasteiger partial charge in [0.15, 0.2) is 0 Å². The summed E-state index contributed by atoms with van der Waals surface area (Å²) >= 11 is 0. The molecule has 1 N–H and O–H groups in total. The van der Waals surface area contributed by atoms with Crippen LogP contribution >= 0.6 is 0 Å². The summed E-state index contributed by atoms with van der Waals surface area (Å²) in [6.45, 7) is 2.65. The molecule has 0 aromatic carbocycles. The molecule has 4 nitrogen and oxygen atoms in total. The molecule has 1 aromatic rings. The molecule has 102 valence electrons. The summed E-state index contributed by atoms with van der Waals surface area (Å²) in [5.41, 5.74) is 1.81. The van der Waals surface area contributed by atoms with Crippen LogP contribution in [-0.4, -0.2) is 35.4 Å².